The van der Waals surface area contributed by atoms with Gasteiger partial charge in [-0.1, -0.05) is 18.2 Å². The number of benzene rings is 1. The fraction of sp³-hybridized carbons (Fsp3) is 0.467. The molecule has 2 heterocycles. The van der Waals surface area contributed by atoms with Crippen LogP contribution in [0.3, 0.4) is 0 Å². The van der Waals surface area contributed by atoms with E-state index in [9.17, 15) is 9.59 Å². The summed E-state index contributed by atoms with van der Waals surface area (Å²) >= 11 is 0. The Labute approximate surface area is 123 Å². The zero-order valence-electron chi connectivity index (χ0n) is 11.7. The van der Waals surface area contributed by atoms with Crippen LogP contribution in [-0.2, 0) is 9.53 Å². The molecule has 1 aromatic rings. The van der Waals surface area contributed by atoms with Crippen molar-refractivity contribution in [2.75, 3.05) is 32.8 Å². The molecule has 2 aliphatic heterocycles. The van der Waals surface area contributed by atoms with Gasteiger partial charge in [-0.15, -0.1) is 0 Å². The number of nitrogens with zero attached hydrogens (tertiary/aromatic N) is 2. The first-order valence-electron chi connectivity index (χ1n) is 7.13. The van der Waals surface area contributed by atoms with Gasteiger partial charge < -0.3 is 14.4 Å². The summed E-state index contributed by atoms with van der Waals surface area (Å²) in [5.74, 6) is 0.771. The Morgan fingerprint density at radius 1 is 1.29 bits per heavy atom. The minimum Gasteiger partial charge on any atom is -0.489 e. The second kappa shape index (κ2) is 6.03. The number of rotatable bonds is 4. The number of carbonyl (C=O) groups is 2. The van der Waals surface area contributed by atoms with E-state index in [1.807, 2.05) is 30.3 Å². The van der Waals surface area contributed by atoms with Crippen molar-refractivity contribution in [1.29, 1.82) is 0 Å². The van der Waals surface area contributed by atoms with Gasteiger partial charge in [0.15, 0.2) is 0 Å². The lowest BCUT2D eigenvalue weighted by Gasteiger charge is -2.20. The molecule has 0 spiro atoms. The summed E-state index contributed by atoms with van der Waals surface area (Å²) in [5.41, 5.74) is 0. The van der Waals surface area contributed by atoms with E-state index in [1.165, 1.54) is 4.90 Å². The summed E-state index contributed by atoms with van der Waals surface area (Å²) in [6, 6.07) is 9.60. The van der Waals surface area contributed by atoms with Gasteiger partial charge in [0.2, 0.25) is 5.91 Å². The molecule has 2 fully saturated rings. The molecule has 2 saturated heterocycles. The van der Waals surface area contributed by atoms with Gasteiger partial charge in [0.25, 0.3) is 0 Å². The maximum atomic E-state index is 12.2. The second-order valence-corrected chi connectivity index (χ2v) is 5.22. The maximum Gasteiger partial charge on any atom is 0.410 e. The van der Waals surface area contributed by atoms with Crippen molar-refractivity contribution in [1.82, 2.24) is 9.80 Å². The highest BCUT2D eigenvalue weighted by Gasteiger charge is 2.31. The molecule has 0 N–H and O–H groups in total. The minimum atomic E-state index is -0.403. The molecule has 112 valence electrons. The molecule has 2 amide bonds. The van der Waals surface area contributed by atoms with Crippen LogP contribution in [0, 0.1) is 0 Å². The number of para-hydroxylation sites is 1. The van der Waals surface area contributed by atoms with E-state index < -0.39 is 6.09 Å². The molecule has 2 aliphatic rings. The number of cyclic esters (lactones) is 1. The van der Waals surface area contributed by atoms with E-state index in [4.69, 9.17) is 9.47 Å². The van der Waals surface area contributed by atoms with Gasteiger partial charge in [-0.05, 0) is 12.1 Å². The molecule has 1 atom stereocenters. The molecule has 6 nitrogen and oxygen atoms in total. The second-order valence-electron chi connectivity index (χ2n) is 5.22. The summed E-state index contributed by atoms with van der Waals surface area (Å²) in [6.45, 7) is 2.18. The van der Waals surface area contributed by atoms with E-state index in [0.29, 0.717) is 26.2 Å². The number of amides is 2. The molecule has 0 aromatic heterocycles. The molecule has 3 rings (SSSR count). The highest BCUT2D eigenvalue weighted by atomic mass is 16.6. The van der Waals surface area contributed by atoms with Crippen LogP contribution in [0.25, 0.3) is 0 Å². The summed E-state index contributed by atoms with van der Waals surface area (Å²) in [4.78, 5) is 26.7. The Morgan fingerprint density at radius 3 is 2.81 bits per heavy atom. The predicted octanol–water partition coefficient (Wildman–Crippen LogP) is 1.12. The normalized spacial score (nSPS) is 21.5. The first kappa shape index (κ1) is 13.7. The molecule has 0 bridgehead atoms. The summed E-state index contributed by atoms with van der Waals surface area (Å²) in [6.07, 6.45) is 0.423. The summed E-state index contributed by atoms with van der Waals surface area (Å²) in [7, 11) is 0. The van der Waals surface area contributed by atoms with E-state index in [2.05, 4.69) is 0 Å². The Balaban J connectivity index is 1.50. The zero-order chi connectivity index (χ0) is 14.7. The molecule has 6 heteroatoms. The number of carbonyl (C=O) groups excluding carboxylic acids is 2. The Hall–Kier alpha value is -2.24. The van der Waals surface area contributed by atoms with E-state index in [0.717, 1.165) is 12.2 Å². The summed E-state index contributed by atoms with van der Waals surface area (Å²) in [5, 5.41) is 0. The Morgan fingerprint density at radius 2 is 2.10 bits per heavy atom. The monoisotopic (exact) mass is 290 g/mol. The summed E-state index contributed by atoms with van der Waals surface area (Å²) < 4.78 is 10.7. The lowest BCUT2D eigenvalue weighted by Crippen LogP contribution is -2.40. The van der Waals surface area contributed by atoms with Crippen molar-refractivity contribution in [3.63, 3.8) is 0 Å². The third kappa shape index (κ3) is 3.26. The van der Waals surface area contributed by atoms with Crippen LogP contribution in [0.5, 0.6) is 5.75 Å². The van der Waals surface area contributed by atoms with Gasteiger partial charge in [-0.2, -0.15) is 0 Å². The number of hydrogen-bond donors (Lipinski definition) is 0. The molecule has 0 radical (unpaired) electrons. The number of ether oxygens (including phenoxy) is 2. The standard InChI is InChI=1S/C15H18N2O4/c18-14(11-17-8-9-20-15(17)19)16-7-6-13(10-16)21-12-4-2-1-3-5-12/h1-5,13H,6-11H2/t13-/m1/s1. The van der Waals surface area contributed by atoms with Crippen LogP contribution in [0.4, 0.5) is 4.79 Å². The minimum absolute atomic E-state index is 0.0156. The predicted molar refractivity (Wildman–Crippen MR) is 75.0 cm³/mol. The van der Waals surface area contributed by atoms with Crippen molar-refractivity contribution in [3.05, 3.63) is 30.3 Å². The smallest absolute Gasteiger partial charge is 0.410 e. The lowest BCUT2D eigenvalue weighted by atomic mass is 10.3. The first-order chi connectivity index (χ1) is 10.2. The molecule has 0 saturated carbocycles. The molecule has 21 heavy (non-hydrogen) atoms. The SMILES string of the molecule is O=C(CN1CCOC1=O)N1CC[C@@H](Oc2ccccc2)C1. The van der Waals surface area contributed by atoms with Crippen LogP contribution in [-0.4, -0.2) is 60.7 Å². The van der Waals surface area contributed by atoms with Gasteiger partial charge in [-0.25, -0.2) is 4.79 Å². The van der Waals surface area contributed by atoms with E-state index in [1.54, 1.807) is 4.90 Å². The van der Waals surface area contributed by atoms with Crippen molar-refractivity contribution in [2.24, 2.45) is 0 Å². The van der Waals surface area contributed by atoms with Gasteiger partial charge in [-0.3, -0.25) is 9.69 Å². The topological polar surface area (TPSA) is 59.1 Å². The molecule has 0 aliphatic carbocycles. The van der Waals surface area contributed by atoms with E-state index in [-0.39, 0.29) is 18.6 Å². The fourth-order valence-corrected chi connectivity index (χ4v) is 2.58. The van der Waals surface area contributed by atoms with Crippen molar-refractivity contribution >= 4 is 12.0 Å². The first-order valence-corrected chi connectivity index (χ1v) is 7.13. The molecular formula is C15H18N2O4. The average Bonchev–Trinajstić information content (AvgIpc) is 3.10. The highest BCUT2D eigenvalue weighted by molar-refractivity contribution is 5.83. The van der Waals surface area contributed by atoms with Crippen LogP contribution < -0.4 is 4.74 Å². The van der Waals surface area contributed by atoms with E-state index >= 15 is 0 Å². The largest absolute Gasteiger partial charge is 0.489 e. The van der Waals surface area contributed by atoms with Gasteiger partial charge in [0, 0.05) is 13.0 Å². The quantitative estimate of drug-likeness (QED) is 0.834. The van der Waals surface area contributed by atoms with Crippen LogP contribution >= 0.6 is 0 Å². The van der Waals surface area contributed by atoms with Crippen LogP contribution in [0.1, 0.15) is 6.42 Å². The zero-order valence-corrected chi connectivity index (χ0v) is 11.7. The van der Waals surface area contributed by atoms with Gasteiger partial charge in [0.05, 0.1) is 13.1 Å². The highest BCUT2D eigenvalue weighted by Crippen LogP contribution is 2.18. The number of likely N-dealkylation sites (tertiary alicyclic amines) is 1. The third-order valence-electron chi connectivity index (χ3n) is 3.71. The number of hydrogen-bond acceptors (Lipinski definition) is 4. The molecule has 0 unspecified atom stereocenters. The van der Waals surface area contributed by atoms with Gasteiger partial charge >= 0.3 is 6.09 Å². The molecular weight excluding hydrogens is 272 g/mol. The fourth-order valence-electron chi connectivity index (χ4n) is 2.58. The maximum absolute atomic E-state index is 12.2. The molecule has 1 aromatic carbocycles. The van der Waals surface area contributed by atoms with Crippen molar-refractivity contribution in [3.8, 4) is 5.75 Å². The Kier molecular flexibility index (Phi) is 3.94. The Bertz CT molecular complexity index is 520. The van der Waals surface area contributed by atoms with Crippen molar-refractivity contribution in [2.45, 2.75) is 12.5 Å². The third-order valence-corrected chi connectivity index (χ3v) is 3.71. The van der Waals surface area contributed by atoms with Gasteiger partial charge in [0.1, 0.15) is 25.0 Å². The van der Waals surface area contributed by atoms with Crippen LogP contribution in [0.15, 0.2) is 30.3 Å². The average molecular weight is 290 g/mol. The van der Waals surface area contributed by atoms with Crippen molar-refractivity contribution < 1.29 is 19.1 Å². The van der Waals surface area contributed by atoms with Crippen LogP contribution in [0.2, 0.25) is 0 Å². The lowest BCUT2D eigenvalue weighted by molar-refractivity contribution is -0.130.